The first-order chi connectivity index (χ1) is 8.29. The van der Waals surface area contributed by atoms with Gasteiger partial charge in [-0.15, -0.1) is 0 Å². The smallest absolute Gasteiger partial charge is 0.123 e. The van der Waals surface area contributed by atoms with Crippen LogP contribution in [0.1, 0.15) is 25.3 Å². The van der Waals surface area contributed by atoms with Crippen molar-refractivity contribution in [3.8, 4) is 5.75 Å². The van der Waals surface area contributed by atoms with Gasteiger partial charge in [-0.3, -0.25) is 4.90 Å². The molecule has 0 radical (unpaired) electrons. The van der Waals surface area contributed by atoms with E-state index in [1.54, 1.807) is 0 Å². The maximum absolute atomic E-state index is 6.10. The highest BCUT2D eigenvalue weighted by Crippen LogP contribution is 2.22. The zero-order valence-corrected chi connectivity index (χ0v) is 10.6. The van der Waals surface area contributed by atoms with Crippen LogP contribution in [0.3, 0.4) is 0 Å². The second-order valence-corrected chi connectivity index (χ2v) is 4.74. The number of hydrogen-bond acceptors (Lipinski definition) is 3. The predicted octanol–water partition coefficient (Wildman–Crippen LogP) is 2.01. The van der Waals surface area contributed by atoms with Crippen LogP contribution < -0.4 is 10.5 Å². The standard InChI is InChI=1S/C14H22N2O/c1-2-5-13(15)11-16-8-9-17-14-7-4-3-6-12(14)10-16/h3-4,6-7,13H,2,5,8-11,15H2,1H3. The number of rotatable bonds is 4. The van der Waals surface area contributed by atoms with E-state index >= 15 is 0 Å². The fourth-order valence-corrected chi connectivity index (χ4v) is 2.33. The Morgan fingerprint density at radius 3 is 3.06 bits per heavy atom. The molecule has 0 bridgehead atoms. The van der Waals surface area contributed by atoms with Gasteiger partial charge in [0, 0.05) is 31.2 Å². The molecule has 0 spiro atoms. The summed E-state index contributed by atoms with van der Waals surface area (Å²) in [6.45, 7) is 5.82. The quantitative estimate of drug-likeness (QED) is 0.866. The summed E-state index contributed by atoms with van der Waals surface area (Å²) in [4.78, 5) is 2.40. The van der Waals surface area contributed by atoms with E-state index in [9.17, 15) is 0 Å². The van der Waals surface area contributed by atoms with Gasteiger partial charge in [0.15, 0.2) is 0 Å². The normalized spacial score (nSPS) is 18.0. The first-order valence-corrected chi connectivity index (χ1v) is 6.48. The van der Waals surface area contributed by atoms with Crippen LogP contribution in [0.15, 0.2) is 24.3 Å². The van der Waals surface area contributed by atoms with Crippen molar-refractivity contribution in [2.24, 2.45) is 5.73 Å². The largest absolute Gasteiger partial charge is 0.492 e. The highest BCUT2D eigenvalue weighted by atomic mass is 16.5. The molecule has 1 aliphatic rings. The summed E-state index contributed by atoms with van der Waals surface area (Å²) in [6, 6.07) is 8.56. The molecule has 3 nitrogen and oxygen atoms in total. The number of para-hydroxylation sites is 1. The first-order valence-electron chi connectivity index (χ1n) is 6.48. The number of hydrogen-bond donors (Lipinski definition) is 1. The van der Waals surface area contributed by atoms with Gasteiger partial charge in [-0.1, -0.05) is 31.5 Å². The lowest BCUT2D eigenvalue weighted by Gasteiger charge is -2.23. The second-order valence-electron chi connectivity index (χ2n) is 4.74. The van der Waals surface area contributed by atoms with Crippen molar-refractivity contribution in [3.05, 3.63) is 29.8 Å². The monoisotopic (exact) mass is 234 g/mol. The third kappa shape index (κ3) is 3.45. The molecular formula is C14H22N2O. The minimum atomic E-state index is 0.283. The van der Waals surface area contributed by atoms with Crippen LogP contribution in [-0.4, -0.2) is 30.6 Å². The number of fused-ring (bicyclic) bond motifs is 1. The van der Waals surface area contributed by atoms with E-state index in [1.807, 2.05) is 12.1 Å². The summed E-state index contributed by atoms with van der Waals surface area (Å²) in [5.41, 5.74) is 7.38. The SMILES string of the molecule is CCCC(N)CN1CCOc2ccccc2C1. The molecule has 0 aromatic heterocycles. The van der Waals surface area contributed by atoms with Gasteiger partial charge >= 0.3 is 0 Å². The average Bonchev–Trinajstić information content (AvgIpc) is 2.50. The van der Waals surface area contributed by atoms with E-state index in [2.05, 4.69) is 24.0 Å². The summed E-state index contributed by atoms with van der Waals surface area (Å²) < 4.78 is 5.74. The molecule has 94 valence electrons. The van der Waals surface area contributed by atoms with Crippen molar-refractivity contribution < 1.29 is 4.74 Å². The van der Waals surface area contributed by atoms with Crippen LogP contribution in [0.4, 0.5) is 0 Å². The summed E-state index contributed by atoms with van der Waals surface area (Å²) in [7, 11) is 0. The van der Waals surface area contributed by atoms with E-state index < -0.39 is 0 Å². The molecule has 0 saturated carbocycles. The Hall–Kier alpha value is -1.06. The molecule has 2 rings (SSSR count). The summed E-state index contributed by atoms with van der Waals surface area (Å²) >= 11 is 0. The number of ether oxygens (including phenoxy) is 1. The Kier molecular flexibility index (Phi) is 4.40. The lowest BCUT2D eigenvalue weighted by molar-refractivity contribution is 0.213. The van der Waals surface area contributed by atoms with E-state index in [-0.39, 0.29) is 6.04 Å². The van der Waals surface area contributed by atoms with Gasteiger partial charge in [-0.05, 0) is 12.5 Å². The molecule has 2 N–H and O–H groups in total. The summed E-state index contributed by atoms with van der Waals surface area (Å²) in [5, 5.41) is 0. The number of nitrogens with two attached hydrogens (primary N) is 1. The Balaban J connectivity index is 1.98. The minimum Gasteiger partial charge on any atom is -0.492 e. The van der Waals surface area contributed by atoms with E-state index in [4.69, 9.17) is 10.5 Å². The van der Waals surface area contributed by atoms with Crippen molar-refractivity contribution in [2.75, 3.05) is 19.7 Å². The van der Waals surface area contributed by atoms with Crippen molar-refractivity contribution in [3.63, 3.8) is 0 Å². The van der Waals surface area contributed by atoms with Crippen LogP contribution in [0.5, 0.6) is 5.75 Å². The minimum absolute atomic E-state index is 0.283. The zero-order valence-electron chi connectivity index (χ0n) is 10.6. The molecule has 17 heavy (non-hydrogen) atoms. The van der Waals surface area contributed by atoms with Crippen LogP contribution in [-0.2, 0) is 6.54 Å². The Bertz CT molecular complexity index is 354. The van der Waals surface area contributed by atoms with Gasteiger partial charge in [0.2, 0.25) is 0 Å². The highest BCUT2D eigenvalue weighted by molar-refractivity contribution is 5.33. The highest BCUT2D eigenvalue weighted by Gasteiger charge is 2.16. The first kappa shape index (κ1) is 12.4. The Morgan fingerprint density at radius 1 is 1.41 bits per heavy atom. The average molecular weight is 234 g/mol. The molecule has 1 aromatic rings. The molecule has 1 heterocycles. The Morgan fingerprint density at radius 2 is 2.24 bits per heavy atom. The van der Waals surface area contributed by atoms with E-state index in [0.29, 0.717) is 0 Å². The topological polar surface area (TPSA) is 38.5 Å². The van der Waals surface area contributed by atoms with Crippen LogP contribution in [0.2, 0.25) is 0 Å². The van der Waals surface area contributed by atoms with Crippen molar-refractivity contribution >= 4 is 0 Å². The lowest BCUT2D eigenvalue weighted by atomic mass is 10.1. The van der Waals surface area contributed by atoms with Crippen molar-refractivity contribution in [1.29, 1.82) is 0 Å². The molecule has 1 aliphatic heterocycles. The third-order valence-electron chi connectivity index (χ3n) is 3.18. The zero-order chi connectivity index (χ0) is 12.1. The molecule has 0 fully saturated rings. The van der Waals surface area contributed by atoms with Gasteiger partial charge in [0.05, 0.1) is 0 Å². The van der Waals surface area contributed by atoms with E-state index in [1.165, 1.54) is 5.56 Å². The van der Waals surface area contributed by atoms with Gasteiger partial charge in [0.25, 0.3) is 0 Å². The number of benzene rings is 1. The molecule has 0 amide bonds. The fourth-order valence-electron chi connectivity index (χ4n) is 2.33. The van der Waals surface area contributed by atoms with Gasteiger partial charge < -0.3 is 10.5 Å². The molecular weight excluding hydrogens is 212 g/mol. The van der Waals surface area contributed by atoms with Gasteiger partial charge in [-0.25, -0.2) is 0 Å². The Labute approximate surface area is 104 Å². The summed E-state index contributed by atoms with van der Waals surface area (Å²) in [6.07, 6.45) is 2.25. The maximum atomic E-state index is 6.10. The van der Waals surface area contributed by atoms with Crippen molar-refractivity contribution in [1.82, 2.24) is 4.90 Å². The summed E-state index contributed by atoms with van der Waals surface area (Å²) in [5.74, 6) is 1.03. The molecule has 1 atom stereocenters. The van der Waals surface area contributed by atoms with E-state index in [0.717, 1.165) is 44.8 Å². The third-order valence-corrected chi connectivity index (χ3v) is 3.18. The van der Waals surface area contributed by atoms with Crippen LogP contribution in [0.25, 0.3) is 0 Å². The maximum Gasteiger partial charge on any atom is 0.123 e. The predicted molar refractivity (Wildman–Crippen MR) is 70.1 cm³/mol. The van der Waals surface area contributed by atoms with Gasteiger partial charge in [-0.2, -0.15) is 0 Å². The fraction of sp³-hybridized carbons (Fsp3) is 0.571. The lowest BCUT2D eigenvalue weighted by Crippen LogP contribution is -2.38. The molecule has 0 aliphatic carbocycles. The second kappa shape index (κ2) is 6.03. The van der Waals surface area contributed by atoms with Crippen LogP contribution in [0, 0.1) is 0 Å². The van der Waals surface area contributed by atoms with Crippen molar-refractivity contribution in [2.45, 2.75) is 32.4 Å². The molecule has 0 saturated heterocycles. The molecule has 1 unspecified atom stereocenters. The molecule has 3 heteroatoms. The molecule has 1 aromatic carbocycles. The van der Waals surface area contributed by atoms with Gasteiger partial charge in [0.1, 0.15) is 12.4 Å². The van der Waals surface area contributed by atoms with Crippen LogP contribution >= 0.6 is 0 Å². The number of nitrogens with zero attached hydrogens (tertiary/aromatic N) is 1.